The van der Waals surface area contributed by atoms with Crippen LogP contribution in [0.1, 0.15) is 18.5 Å². The van der Waals surface area contributed by atoms with Crippen molar-refractivity contribution in [2.24, 2.45) is 0 Å². The summed E-state index contributed by atoms with van der Waals surface area (Å²) in [5.74, 6) is -0.00488. The highest BCUT2D eigenvalue weighted by atomic mass is 32.2. The number of methoxy groups -OCH3 is 1. The number of nitrogens with one attached hydrogen (secondary N) is 2. The fourth-order valence-corrected chi connectivity index (χ4v) is 5.01. The molecule has 0 aliphatic carbocycles. The summed E-state index contributed by atoms with van der Waals surface area (Å²) in [7, 11) is 1.56. The number of carbonyl (C=O) groups is 2. The van der Waals surface area contributed by atoms with E-state index in [-0.39, 0.29) is 18.2 Å². The number of nitrogens with zero attached hydrogens (tertiary/aromatic N) is 4. The number of carbonyl (C=O) groups excluding carboxylic acids is 2. The molecule has 4 aromatic rings. The number of thioether (sulfide) groups is 1. The third-order valence-corrected chi connectivity index (χ3v) is 6.88. The minimum absolute atomic E-state index is 0.182. The van der Waals surface area contributed by atoms with E-state index in [1.54, 1.807) is 61.3 Å². The SMILES string of the molecule is CCOC(=O)C1=C(CSc2ncnc3c2cnn3-c2ccc(F)cc2)NC(=O)N[C@@H]1c1ccc(OC)cc1. The molecule has 2 aromatic carbocycles. The number of amides is 2. The lowest BCUT2D eigenvalue weighted by molar-refractivity contribution is -0.139. The molecule has 2 aromatic heterocycles. The van der Waals surface area contributed by atoms with Crippen LogP contribution in [-0.4, -0.2) is 51.2 Å². The van der Waals surface area contributed by atoms with Crippen molar-refractivity contribution in [2.45, 2.75) is 18.0 Å². The lowest BCUT2D eigenvalue weighted by Gasteiger charge is -2.29. The molecule has 5 rings (SSSR count). The van der Waals surface area contributed by atoms with Gasteiger partial charge in [-0.3, -0.25) is 0 Å². The van der Waals surface area contributed by atoms with E-state index in [2.05, 4.69) is 25.7 Å². The van der Waals surface area contributed by atoms with E-state index in [4.69, 9.17) is 9.47 Å². The van der Waals surface area contributed by atoms with Gasteiger partial charge in [0.1, 0.15) is 22.9 Å². The molecule has 1 aliphatic rings. The summed E-state index contributed by atoms with van der Waals surface area (Å²) in [6, 6.07) is 11.9. The molecule has 2 amide bonds. The predicted octanol–water partition coefficient (Wildman–Crippen LogP) is 3.93. The van der Waals surface area contributed by atoms with E-state index in [0.29, 0.717) is 44.3 Å². The highest BCUT2D eigenvalue weighted by Crippen LogP contribution is 2.33. The van der Waals surface area contributed by atoms with Gasteiger partial charge in [0.2, 0.25) is 0 Å². The number of ether oxygens (including phenoxy) is 2. The Morgan fingerprint density at radius 3 is 2.61 bits per heavy atom. The van der Waals surface area contributed by atoms with E-state index in [1.165, 1.54) is 30.2 Å². The molecule has 0 saturated carbocycles. The van der Waals surface area contributed by atoms with Crippen molar-refractivity contribution in [1.29, 1.82) is 0 Å². The van der Waals surface area contributed by atoms with Gasteiger partial charge < -0.3 is 20.1 Å². The molecule has 0 unspecified atom stereocenters. The monoisotopic (exact) mass is 534 g/mol. The summed E-state index contributed by atoms with van der Waals surface area (Å²) in [4.78, 5) is 34.4. The summed E-state index contributed by atoms with van der Waals surface area (Å²) in [6.45, 7) is 1.90. The number of aromatic nitrogens is 4. The fourth-order valence-electron chi connectivity index (χ4n) is 4.08. The first-order valence-electron chi connectivity index (χ1n) is 11.7. The third kappa shape index (κ3) is 5.02. The van der Waals surface area contributed by atoms with Gasteiger partial charge in [-0.2, -0.15) is 5.10 Å². The second kappa shape index (κ2) is 10.9. The molecule has 0 spiro atoms. The molecule has 12 heteroatoms. The van der Waals surface area contributed by atoms with Gasteiger partial charge in [0, 0.05) is 11.4 Å². The van der Waals surface area contributed by atoms with Gasteiger partial charge in [0.25, 0.3) is 0 Å². The number of hydrogen-bond acceptors (Lipinski definition) is 8. The van der Waals surface area contributed by atoms with Gasteiger partial charge >= 0.3 is 12.0 Å². The molecular weight excluding hydrogens is 511 g/mol. The third-order valence-electron chi connectivity index (χ3n) is 5.85. The lowest BCUT2D eigenvalue weighted by Crippen LogP contribution is -2.46. The number of fused-ring (bicyclic) bond motifs is 1. The van der Waals surface area contributed by atoms with Crippen LogP contribution in [0.25, 0.3) is 16.7 Å². The minimum atomic E-state index is -0.712. The van der Waals surface area contributed by atoms with Crippen molar-refractivity contribution < 1.29 is 23.5 Å². The first-order chi connectivity index (χ1) is 18.5. The Morgan fingerprint density at radius 2 is 1.89 bits per heavy atom. The zero-order valence-electron chi connectivity index (χ0n) is 20.5. The molecule has 38 heavy (non-hydrogen) atoms. The van der Waals surface area contributed by atoms with Gasteiger partial charge in [-0.15, -0.1) is 0 Å². The second-order valence-corrected chi connectivity index (χ2v) is 9.12. The zero-order valence-corrected chi connectivity index (χ0v) is 21.3. The smallest absolute Gasteiger partial charge is 0.338 e. The summed E-state index contributed by atoms with van der Waals surface area (Å²) in [5, 5.41) is 11.3. The van der Waals surface area contributed by atoms with Gasteiger partial charge in [-0.25, -0.2) is 28.6 Å². The van der Waals surface area contributed by atoms with Crippen molar-refractivity contribution >= 4 is 34.8 Å². The number of halogens is 1. The van der Waals surface area contributed by atoms with E-state index in [0.717, 1.165) is 0 Å². The Balaban J connectivity index is 1.48. The van der Waals surface area contributed by atoms with E-state index < -0.39 is 18.0 Å². The number of rotatable bonds is 8. The van der Waals surface area contributed by atoms with Crippen LogP contribution in [0.5, 0.6) is 5.75 Å². The Morgan fingerprint density at radius 1 is 1.13 bits per heavy atom. The summed E-state index contributed by atoms with van der Waals surface area (Å²) >= 11 is 1.32. The first kappa shape index (κ1) is 25.2. The molecule has 0 fully saturated rings. The van der Waals surface area contributed by atoms with Crippen LogP contribution in [0, 0.1) is 5.82 Å². The molecule has 0 radical (unpaired) electrons. The summed E-state index contributed by atoms with van der Waals surface area (Å²) in [6.07, 6.45) is 3.04. The van der Waals surface area contributed by atoms with Crippen LogP contribution in [0.4, 0.5) is 9.18 Å². The molecule has 1 aliphatic heterocycles. The molecule has 194 valence electrons. The zero-order chi connectivity index (χ0) is 26.6. The molecule has 2 N–H and O–H groups in total. The Kier molecular flexibility index (Phi) is 7.22. The molecule has 0 bridgehead atoms. The van der Waals surface area contributed by atoms with E-state index in [1.807, 2.05) is 0 Å². The summed E-state index contributed by atoms with van der Waals surface area (Å²) < 4.78 is 25.5. The van der Waals surface area contributed by atoms with Gasteiger partial charge in [-0.1, -0.05) is 23.9 Å². The van der Waals surface area contributed by atoms with Crippen LogP contribution in [-0.2, 0) is 9.53 Å². The van der Waals surface area contributed by atoms with Crippen LogP contribution < -0.4 is 15.4 Å². The molecule has 1 atom stereocenters. The van der Waals surface area contributed by atoms with Crippen molar-refractivity contribution in [3.8, 4) is 11.4 Å². The maximum atomic E-state index is 13.4. The number of benzene rings is 2. The highest BCUT2D eigenvalue weighted by molar-refractivity contribution is 7.99. The maximum absolute atomic E-state index is 13.4. The van der Waals surface area contributed by atoms with E-state index in [9.17, 15) is 14.0 Å². The van der Waals surface area contributed by atoms with Gasteiger partial charge in [0.05, 0.1) is 42.6 Å². The number of hydrogen-bond donors (Lipinski definition) is 2. The quantitative estimate of drug-likeness (QED) is 0.198. The van der Waals surface area contributed by atoms with Crippen LogP contribution in [0.3, 0.4) is 0 Å². The van der Waals surface area contributed by atoms with Crippen molar-refractivity contribution in [2.75, 3.05) is 19.5 Å². The molecular formula is C26H23FN6O4S. The maximum Gasteiger partial charge on any atom is 0.338 e. The second-order valence-electron chi connectivity index (χ2n) is 8.15. The van der Waals surface area contributed by atoms with Crippen molar-refractivity contribution in [3.63, 3.8) is 0 Å². The van der Waals surface area contributed by atoms with Crippen LogP contribution in [0.15, 0.2) is 77.4 Å². The minimum Gasteiger partial charge on any atom is -0.497 e. The van der Waals surface area contributed by atoms with Crippen LogP contribution in [0.2, 0.25) is 0 Å². The Hall–Kier alpha value is -4.45. The topological polar surface area (TPSA) is 120 Å². The lowest BCUT2D eigenvalue weighted by atomic mass is 9.95. The number of urea groups is 1. The standard InChI is InChI=1S/C26H23FN6O4S/c1-3-37-25(34)21-20(31-26(35)32-22(21)15-4-10-18(36-2)11-5-15)13-38-24-19-12-30-33(23(19)28-14-29-24)17-8-6-16(27)7-9-17/h4-12,14,22H,3,13H2,1-2H3,(H2,31,32,35)/t22-/m1/s1. The average molecular weight is 535 g/mol. The van der Waals surface area contributed by atoms with Gasteiger partial charge in [0.15, 0.2) is 5.65 Å². The fraction of sp³-hybridized carbons (Fsp3) is 0.192. The Bertz CT molecular complexity index is 1520. The average Bonchev–Trinajstić information content (AvgIpc) is 3.37. The highest BCUT2D eigenvalue weighted by Gasteiger charge is 2.34. The normalized spacial score (nSPS) is 15.2. The molecule has 10 nitrogen and oxygen atoms in total. The largest absolute Gasteiger partial charge is 0.497 e. The van der Waals surface area contributed by atoms with Crippen molar-refractivity contribution in [1.82, 2.24) is 30.4 Å². The van der Waals surface area contributed by atoms with Crippen LogP contribution >= 0.6 is 11.8 Å². The van der Waals surface area contributed by atoms with Gasteiger partial charge in [-0.05, 0) is 48.9 Å². The van der Waals surface area contributed by atoms with E-state index >= 15 is 0 Å². The first-order valence-corrected chi connectivity index (χ1v) is 12.7. The van der Waals surface area contributed by atoms with Crippen molar-refractivity contribution in [3.05, 3.63) is 83.7 Å². The summed E-state index contributed by atoms with van der Waals surface area (Å²) in [5.41, 5.74) is 2.61. The Labute approximate surface area is 221 Å². The predicted molar refractivity (Wildman–Crippen MR) is 138 cm³/mol. The molecule has 0 saturated heterocycles. The molecule has 3 heterocycles. The number of esters is 1.